The predicted molar refractivity (Wildman–Crippen MR) is 55.5 cm³/mol. The molecule has 0 amide bonds. The van der Waals surface area contributed by atoms with Crippen molar-refractivity contribution < 1.29 is 0 Å². The van der Waals surface area contributed by atoms with E-state index in [9.17, 15) is 0 Å². The topological polar surface area (TPSA) is 56.5 Å². The lowest BCUT2D eigenvalue weighted by molar-refractivity contribution is 0.685. The van der Waals surface area contributed by atoms with Crippen molar-refractivity contribution in [2.75, 3.05) is 0 Å². The fraction of sp³-hybridized carbons (Fsp3) is 0.333. The number of rotatable bonds is 3. The van der Waals surface area contributed by atoms with Gasteiger partial charge in [-0.25, -0.2) is 9.67 Å². The van der Waals surface area contributed by atoms with Gasteiger partial charge in [0.25, 0.3) is 0 Å². The van der Waals surface area contributed by atoms with E-state index in [4.69, 9.17) is 11.6 Å². The van der Waals surface area contributed by atoms with E-state index in [1.165, 1.54) is 17.7 Å². The number of aromatic nitrogens is 5. The summed E-state index contributed by atoms with van der Waals surface area (Å²) >= 11 is 8.59. The molecule has 14 heavy (non-hydrogen) atoms. The Labute approximate surface area is 93.5 Å². The van der Waals surface area contributed by atoms with E-state index in [2.05, 4.69) is 20.3 Å². The van der Waals surface area contributed by atoms with Crippen LogP contribution in [0.5, 0.6) is 0 Å². The second kappa shape index (κ2) is 4.24. The Morgan fingerprint density at radius 3 is 3.00 bits per heavy atom. The van der Waals surface area contributed by atoms with Crippen LogP contribution in [0.15, 0.2) is 11.5 Å². The van der Waals surface area contributed by atoms with E-state index >= 15 is 0 Å². The van der Waals surface area contributed by atoms with Gasteiger partial charge < -0.3 is 0 Å². The molecule has 74 valence electrons. The largest absolute Gasteiger partial charge is 0.244 e. The number of nitrogens with zero attached hydrogens (tertiary/aromatic N) is 5. The maximum atomic E-state index is 5.65. The molecule has 0 saturated heterocycles. The Morgan fingerprint density at radius 1 is 1.57 bits per heavy atom. The third kappa shape index (κ3) is 2.23. The summed E-state index contributed by atoms with van der Waals surface area (Å²) in [5, 5.41) is 13.3. The van der Waals surface area contributed by atoms with Crippen LogP contribution in [0, 0.1) is 0 Å². The van der Waals surface area contributed by atoms with Gasteiger partial charge in [0.2, 0.25) is 4.47 Å². The first-order valence-electron chi connectivity index (χ1n) is 3.70. The summed E-state index contributed by atoms with van der Waals surface area (Å²) in [6.07, 6.45) is 1.52. The van der Waals surface area contributed by atoms with Crippen molar-refractivity contribution >= 4 is 34.7 Å². The summed E-state index contributed by atoms with van der Waals surface area (Å²) in [5.41, 5.74) is 0. The maximum absolute atomic E-state index is 5.65. The summed E-state index contributed by atoms with van der Waals surface area (Å²) in [6, 6.07) is 0. The smallest absolute Gasteiger partial charge is 0.207 e. The Kier molecular flexibility index (Phi) is 2.99. The van der Waals surface area contributed by atoms with Crippen LogP contribution in [0.3, 0.4) is 0 Å². The SMILES string of the molecule is Cn1ncnc1SCc1nnc(Cl)s1. The minimum absolute atomic E-state index is 0.471. The molecule has 0 bridgehead atoms. The van der Waals surface area contributed by atoms with Crippen LogP contribution in [0.4, 0.5) is 0 Å². The highest BCUT2D eigenvalue weighted by Gasteiger charge is 2.05. The number of halogens is 1. The van der Waals surface area contributed by atoms with Gasteiger partial charge in [0.05, 0.1) is 5.75 Å². The first-order chi connectivity index (χ1) is 6.75. The fourth-order valence-corrected chi connectivity index (χ4v) is 2.58. The van der Waals surface area contributed by atoms with Gasteiger partial charge in [0.1, 0.15) is 11.3 Å². The highest BCUT2D eigenvalue weighted by Crippen LogP contribution is 2.23. The number of hydrogen-bond donors (Lipinski definition) is 0. The second-order valence-corrected chi connectivity index (χ2v) is 4.99. The van der Waals surface area contributed by atoms with Crippen LogP contribution in [-0.4, -0.2) is 25.0 Å². The lowest BCUT2D eigenvalue weighted by Gasteiger charge is -1.95. The molecular formula is C6H6ClN5S2. The van der Waals surface area contributed by atoms with Crippen molar-refractivity contribution in [1.29, 1.82) is 0 Å². The summed E-state index contributed by atoms with van der Waals surface area (Å²) < 4.78 is 2.19. The Bertz CT molecular complexity index is 425. The normalized spacial score (nSPS) is 10.7. The molecule has 2 heterocycles. The minimum atomic E-state index is 0.471. The van der Waals surface area contributed by atoms with Crippen molar-refractivity contribution in [3.05, 3.63) is 15.8 Å². The standard InChI is InChI=1S/C6H6ClN5S2/c1-12-6(8-3-9-12)13-2-4-10-11-5(7)14-4/h3H,2H2,1H3. The molecule has 0 aromatic carbocycles. The molecule has 0 atom stereocenters. The van der Waals surface area contributed by atoms with E-state index in [0.717, 1.165) is 15.9 Å². The third-order valence-corrected chi connectivity index (χ3v) is 3.68. The maximum Gasteiger partial charge on any atom is 0.207 e. The van der Waals surface area contributed by atoms with Crippen molar-refractivity contribution in [3.8, 4) is 0 Å². The van der Waals surface area contributed by atoms with Crippen LogP contribution in [0.2, 0.25) is 4.47 Å². The van der Waals surface area contributed by atoms with Gasteiger partial charge in [-0.1, -0.05) is 23.1 Å². The molecule has 2 aromatic heterocycles. The van der Waals surface area contributed by atoms with E-state index in [1.807, 2.05) is 7.05 Å². The van der Waals surface area contributed by atoms with Crippen LogP contribution in [0.1, 0.15) is 5.01 Å². The Morgan fingerprint density at radius 2 is 2.43 bits per heavy atom. The van der Waals surface area contributed by atoms with Crippen molar-refractivity contribution in [3.63, 3.8) is 0 Å². The van der Waals surface area contributed by atoms with Gasteiger partial charge in [0, 0.05) is 7.05 Å². The number of thioether (sulfide) groups is 1. The first-order valence-corrected chi connectivity index (χ1v) is 5.88. The number of hydrogen-bond acceptors (Lipinski definition) is 6. The monoisotopic (exact) mass is 247 g/mol. The molecule has 5 nitrogen and oxygen atoms in total. The molecule has 0 aliphatic rings. The molecule has 0 aliphatic carbocycles. The van der Waals surface area contributed by atoms with Crippen LogP contribution in [0.25, 0.3) is 0 Å². The zero-order valence-corrected chi connectivity index (χ0v) is 9.60. The first kappa shape index (κ1) is 9.88. The van der Waals surface area contributed by atoms with Crippen LogP contribution < -0.4 is 0 Å². The third-order valence-electron chi connectivity index (χ3n) is 1.44. The summed E-state index contributed by atoms with van der Waals surface area (Å²) in [7, 11) is 1.85. The average molecular weight is 248 g/mol. The zero-order chi connectivity index (χ0) is 9.97. The van der Waals surface area contributed by atoms with E-state index in [0.29, 0.717) is 4.47 Å². The summed E-state index contributed by atoms with van der Waals surface area (Å²) in [5.74, 6) is 0.719. The van der Waals surface area contributed by atoms with Gasteiger partial charge in [-0.2, -0.15) is 5.10 Å². The molecule has 2 aromatic rings. The summed E-state index contributed by atoms with van der Waals surface area (Å²) in [4.78, 5) is 4.08. The molecular weight excluding hydrogens is 242 g/mol. The lowest BCUT2D eigenvalue weighted by Crippen LogP contribution is -1.92. The molecule has 0 aliphatic heterocycles. The van der Waals surface area contributed by atoms with Gasteiger partial charge in [0.15, 0.2) is 5.16 Å². The van der Waals surface area contributed by atoms with E-state index in [1.54, 1.807) is 16.4 Å². The van der Waals surface area contributed by atoms with Crippen molar-refractivity contribution in [2.24, 2.45) is 7.05 Å². The van der Waals surface area contributed by atoms with Crippen molar-refractivity contribution in [1.82, 2.24) is 25.0 Å². The minimum Gasteiger partial charge on any atom is -0.244 e. The van der Waals surface area contributed by atoms with Gasteiger partial charge in [-0.05, 0) is 11.6 Å². The molecule has 0 spiro atoms. The fourth-order valence-electron chi connectivity index (χ4n) is 0.834. The van der Waals surface area contributed by atoms with Crippen molar-refractivity contribution in [2.45, 2.75) is 10.9 Å². The Hall–Kier alpha value is -0.660. The molecule has 0 N–H and O–H groups in total. The molecule has 0 radical (unpaired) electrons. The van der Waals surface area contributed by atoms with Gasteiger partial charge in [-0.15, -0.1) is 10.2 Å². The molecule has 0 fully saturated rings. The van der Waals surface area contributed by atoms with Gasteiger partial charge >= 0.3 is 0 Å². The highest BCUT2D eigenvalue weighted by atomic mass is 35.5. The number of aryl methyl sites for hydroxylation is 1. The van der Waals surface area contributed by atoms with E-state index in [-0.39, 0.29) is 0 Å². The lowest BCUT2D eigenvalue weighted by atomic mass is 10.9. The second-order valence-electron chi connectivity index (χ2n) is 2.40. The Balaban J connectivity index is 1.98. The average Bonchev–Trinajstić information content (AvgIpc) is 2.72. The molecule has 0 saturated carbocycles. The molecule has 2 rings (SSSR count). The molecule has 8 heteroatoms. The quantitative estimate of drug-likeness (QED) is 0.772. The summed E-state index contributed by atoms with van der Waals surface area (Å²) in [6.45, 7) is 0. The van der Waals surface area contributed by atoms with E-state index < -0.39 is 0 Å². The highest BCUT2D eigenvalue weighted by molar-refractivity contribution is 7.98. The molecule has 0 unspecified atom stereocenters. The van der Waals surface area contributed by atoms with Gasteiger partial charge in [-0.3, -0.25) is 0 Å². The predicted octanol–water partition coefficient (Wildman–Crippen LogP) is 1.61. The van der Waals surface area contributed by atoms with Crippen LogP contribution >= 0.6 is 34.7 Å². The van der Waals surface area contributed by atoms with Crippen LogP contribution in [-0.2, 0) is 12.8 Å². The zero-order valence-electron chi connectivity index (χ0n) is 7.21.